The predicted molar refractivity (Wildman–Crippen MR) is 82.6 cm³/mol. The number of hydrogen-bond donors (Lipinski definition) is 1. The van der Waals surface area contributed by atoms with Crippen LogP contribution in [0.15, 0.2) is 0 Å². The minimum atomic E-state index is -0.117. The van der Waals surface area contributed by atoms with Gasteiger partial charge in [-0.25, -0.2) is 0 Å². The van der Waals surface area contributed by atoms with E-state index in [-0.39, 0.29) is 18.6 Å². The molecule has 0 bridgehead atoms. The molecule has 2 aliphatic carbocycles. The van der Waals surface area contributed by atoms with Crippen LogP contribution in [0.5, 0.6) is 0 Å². The second-order valence-corrected chi connectivity index (χ2v) is 7.06. The molecule has 2 aliphatic rings. The number of nitrogens with zero attached hydrogens (tertiary/aromatic N) is 2. The maximum Gasteiger partial charge on any atom is 0.252 e. The minimum Gasteiger partial charge on any atom is -0.368 e. The van der Waals surface area contributed by atoms with Gasteiger partial charge < -0.3 is 4.74 Å². The summed E-state index contributed by atoms with van der Waals surface area (Å²) < 4.78 is 5.60. The van der Waals surface area contributed by atoms with E-state index in [4.69, 9.17) is 4.74 Å². The molecule has 1 amide bonds. The molecular formula is C15H23N3O2S. The van der Waals surface area contributed by atoms with Gasteiger partial charge >= 0.3 is 0 Å². The lowest BCUT2D eigenvalue weighted by Gasteiger charge is -2.18. The molecule has 5 nitrogen and oxygen atoms in total. The van der Waals surface area contributed by atoms with E-state index < -0.39 is 0 Å². The predicted octanol–water partition coefficient (Wildman–Crippen LogP) is 3.48. The standard InChI is InChI=1S/C15H23N3O2S/c19-13(10-20-12-8-4-5-9-12)16-15-18-17-14(21-15)11-6-2-1-3-7-11/h11-12H,1-10H2,(H,16,18,19). The van der Waals surface area contributed by atoms with Gasteiger partial charge in [-0.3, -0.25) is 10.1 Å². The van der Waals surface area contributed by atoms with E-state index in [1.54, 1.807) is 0 Å². The molecule has 2 fully saturated rings. The molecule has 21 heavy (non-hydrogen) atoms. The van der Waals surface area contributed by atoms with E-state index >= 15 is 0 Å². The molecule has 0 saturated heterocycles. The first kappa shape index (κ1) is 14.9. The van der Waals surface area contributed by atoms with Crippen molar-refractivity contribution >= 4 is 22.4 Å². The Morgan fingerprint density at radius 3 is 2.57 bits per heavy atom. The quantitative estimate of drug-likeness (QED) is 0.904. The average molecular weight is 309 g/mol. The number of carbonyl (C=O) groups excluding carboxylic acids is 1. The second-order valence-electron chi connectivity index (χ2n) is 6.05. The number of nitrogens with one attached hydrogen (secondary N) is 1. The van der Waals surface area contributed by atoms with Crippen LogP contribution in [0, 0.1) is 0 Å². The zero-order valence-corrected chi connectivity index (χ0v) is 13.2. The van der Waals surface area contributed by atoms with Crippen molar-refractivity contribution < 1.29 is 9.53 Å². The molecule has 0 aromatic carbocycles. The van der Waals surface area contributed by atoms with Crippen LogP contribution in [0.4, 0.5) is 5.13 Å². The summed E-state index contributed by atoms with van der Waals surface area (Å²) in [4.78, 5) is 11.9. The maximum absolute atomic E-state index is 11.9. The molecule has 0 spiro atoms. The molecule has 1 aromatic rings. The smallest absolute Gasteiger partial charge is 0.252 e. The van der Waals surface area contributed by atoms with Crippen LogP contribution >= 0.6 is 11.3 Å². The van der Waals surface area contributed by atoms with Gasteiger partial charge in [-0.2, -0.15) is 0 Å². The largest absolute Gasteiger partial charge is 0.368 e. The molecule has 0 aliphatic heterocycles. The van der Waals surface area contributed by atoms with Crippen molar-refractivity contribution in [3.05, 3.63) is 5.01 Å². The third-order valence-corrected chi connectivity index (χ3v) is 5.39. The number of rotatable bonds is 5. The van der Waals surface area contributed by atoms with Crippen molar-refractivity contribution in [1.82, 2.24) is 10.2 Å². The second kappa shape index (κ2) is 7.31. The molecule has 0 atom stereocenters. The highest BCUT2D eigenvalue weighted by atomic mass is 32.1. The molecule has 6 heteroatoms. The third-order valence-electron chi connectivity index (χ3n) is 4.39. The number of anilines is 1. The Labute approximate surface area is 129 Å². The van der Waals surface area contributed by atoms with E-state index in [1.165, 1.54) is 56.3 Å². The Morgan fingerprint density at radius 1 is 1.10 bits per heavy atom. The fourth-order valence-corrected chi connectivity index (χ4v) is 4.13. The van der Waals surface area contributed by atoms with Crippen LogP contribution in [-0.4, -0.2) is 28.8 Å². The summed E-state index contributed by atoms with van der Waals surface area (Å²) in [6.07, 6.45) is 11.2. The Bertz CT molecular complexity index is 465. The van der Waals surface area contributed by atoms with Gasteiger partial charge in [0.2, 0.25) is 5.13 Å². The van der Waals surface area contributed by atoms with Crippen molar-refractivity contribution in [3.63, 3.8) is 0 Å². The van der Waals surface area contributed by atoms with E-state index in [9.17, 15) is 4.79 Å². The lowest BCUT2D eigenvalue weighted by Crippen LogP contribution is -2.21. The fraction of sp³-hybridized carbons (Fsp3) is 0.800. The summed E-state index contributed by atoms with van der Waals surface area (Å²) >= 11 is 1.52. The first-order valence-electron chi connectivity index (χ1n) is 8.06. The first-order chi connectivity index (χ1) is 10.3. The monoisotopic (exact) mass is 309 g/mol. The van der Waals surface area contributed by atoms with Gasteiger partial charge in [0.25, 0.3) is 5.91 Å². The van der Waals surface area contributed by atoms with Gasteiger partial charge in [0.15, 0.2) is 0 Å². The van der Waals surface area contributed by atoms with Gasteiger partial charge in [-0.15, -0.1) is 10.2 Å². The van der Waals surface area contributed by atoms with Crippen molar-refractivity contribution in [1.29, 1.82) is 0 Å². The number of carbonyl (C=O) groups is 1. The Morgan fingerprint density at radius 2 is 1.81 bits per heavy atom. The Hall–Kier alpha value is -1.01. The van der Waals surface area contributed by atoms with Crippen molar-refractivity contribution in [2.24, 2.45) is 0 Å². The van der Waals surface area contributed by atoms with Gasteiger partial charge in [-0.05, 0) is 25.7 Å². The van der Waals surface area contributed by atoms with Gasteiger partial charge in [0.05, 0.1) is 6.10 Å². The number of ether oxygens (including phenoxy) is 1. The summed E-state index contributed by atoms with van der Waals surface area (Å²) in [6.45, 7) is 0.128. The van der Waals surface area contributed by atoms with Crippen LogP contribution in [0.2, 0.25) is 0 Å². The van der Waals surface area contributed by atoms with Crippen molar-refractivity contribution in [3.8, 4) is 0 Å². The van der Waals surface area contributed by atoms with Gasteiger partial charge in [-0.1, -0.05) is 43.4 Å². The van der Waals surface area contributed by atoms with E-state index in [2.05, 4.69) is 15.5 Å². The summed E-state index contributed by atoms with van der Waals surface area (Å²) in [7, 11) is 0. The highest BCUT2D eigenvalue weighted by Crippen LogP contribution is 2.35. The summed E-state index contributed by atoms with van der Waals surface area (Å²) in [5, 5.41) is 12.8. The minimum absolute atomic E-state index is 0.117. The highest BCUT2D eigenvalue weighted by molar-refractivity contribution is 7.15. The fourth-order valence-electron chi connectivity index (χ4n) is 3.20. The molecule has 1 heterocycles. The molecule has 0 radical (unpaired) electrons. The van der Waals surface area contributed by atoms with E-state index in [0.29, 0.717) is 11.0 Å². The number of aromatic nitrogens is 2. The topological polar surface area (TPSA) is 64.1 Å². The van der Waals surface area contributed by atoms with Crippen LogP contribution in [0.25, 0.3) is 0 Å². The van der Waals surface area contributed by atoms with Crippen LogP contribution in [-0.2, 0) is 9.53 Å². The van der Waals surface area contributed by atoms with Gasteiger partial charge in [0, 0.05) is 5.92 Å². The number of amides is 1. The summed E-state index contributed by atoms with van der Waals surface area (Å²) in [5.41, 5.74) is 0. The molecule has 0 unspecified atom stereocenters. The van der Waals surface area contributed by atoms with Crippen LogP contribution in [0.3, 0.4) is 0 Å². The molecule has 116 valence electrons. The first-order valence-corrected chi connectivity index (χ1v) is 8.88. The average Bonchev–Trinajstić information content (AvgIpc) is 3.17. The highest BCUT2D eigenvalue weighted by Gasteiger charge is 2.21. The molecule has 1 N–H and O–H groups in total. The van der Waals surface area contributed by atoms with E-state index in [0.717, 1.165) is 17.8 Å². The maximum atomic E-state index is 11.9. The van der Waals surface area contributed by atoms with Crippen LogP contribution < -0.4 is 5.32 Å². The molecule has 3 rings (SSSR count). The number of hydrogen-bond acceptors (Lipinski definition) is 5. The lowest BCUT2D eigenvalue weighted by atomic mass is 9.90. The van der Waals surface area contributed by atoms with Crippen LogP contribution in [0.1, 0.15) is 68.7 Å². The third kappa shape index (κ3) is 4.23. The molecular weight excluding hydrogens is 286 g/mol. The SMILES string of the molecule is O=C(COC1CCCC1)Nc1nnc(C2CCCCC2)s1. The lowest BCUT2D eigenvalue weighted by molar-refractivity contribution is -0.122. The molecule has 1 aromatic heterocycles. The Balaban J connectivity index is 1.45. The van der Waals surface area contributed by atoms with E-state index in [1.807, 2.05) is 0 Å². The summed E-state index contributed by atoms with van der Waals surface area (Å²) in [6, 6.07) is 0. The Kier molecular flexibility index (Phi) is 5.19. The van der Waals surface area contributed by atoms with Crippen molar-refractivity contribution in [2.75, 3.05) is 11.9 Å². The summed E-state index contributed by atoms with van der Waals surface area (Å²) in [5.74, 6) is 0.421. The zero-order chi connectivity index (χ0) is 14.5. The van der Waals surface area contributed by atoms with Crippen molar-refractivity contribution in [2.45, 2.75) is 69.8 Å². The van der Waals surface area contributed by atoms with Gasteiger partial charge in [0.1, 0.15) is 11.6 Å². The zero-order valence-electron chi connectivity index (χ0n) is 12.3. The normalized spacial score (nSPS) is 20.8. The molecule has 2 saturated carbocycles.